The SMILES string of the molecule is NCCCNC[C@@H]1CC[C@@H](N)[C@@H](OC2[C@@H](N)C[C@@H](NC(=O)[C@@H](O)CCN)[C@H](O[C@H]3O[C@H](CO)[C@@H](O)[C@H](N)[C@H]3O)[C@H]2O)O1. The van der Waals surface area contributed by atoms with Gasteiger partial charge in [0.2, 0.25) is 5.91 Å². The normalized spacial score (nSPS) is 41.8. The molecule has 42 heavy (non-hydrogen) atoms. The Labute approximate surface area is 245 Å². The van der Waals surface area contributed by atoms with E-state index in [9.17, 15) is 30.3 Å². The van der Waals surface area contributed by atoms with Gasteiger partial charge in [0.15, 0.2) is 12.6 Å². The number of nitrogens with one attached hydrogen (secondary N) is 2. The first kappa shape index (κ1) is 35.4. The molecule has 0 aromatic carbocycles. The minimum absolute atomic E-state index is 0.00105. The number of aliphatic hydroxyl groups excluding tert-OH is 5. The molecule has 17 N–H and O–H groups in total. The predicted molar refractivity (Wildman–Crippen MR) is 148 cm³/mol. The quantitative estimate of drug-likeness (QED) is 0.0814. The molecule has 1 unspecified atom stereocenters. The van der Waals surface area contributed by atoms with E-state index in [-0.39, 0.29) is 25.5 Å². The van der Waals surface area contributed by atoms with Crippen molar-refractivity contribution >= 4 is 5.91 Å². The Bertz CT molecular complexity index is 820. The minimum atomic E-state index is -1.55. The second-order valence-electron chi connectivity index (χ2n) is 11.3. The van der Waals surface area contributed by atoms with Crippen LogP contribution in [0.3, 0.4) is 0 Å². The summed E-state index contributed by atoms with van der Waals surface area (Å²) in [6.45, 7) is 1.31. The first-order chi connectivity index (χ1) is 20.0. The lowest BCUT2D eigenvalue weighted by atomic mass is 9.83. The Morgan fingerprint density at radius 1 is 0.929 bits per heavy atom. The van der Waals surface area contributed by atoms with Gasteiger partial charge in [-0.25, -0.2) is 0 Å². The lowest BCUT2D eigenvalue weighted by Crippen LogP contribution is -2.69. The van der Waals surface area contributed by atoms with E-state index in [0.717, 1.165) is 13.0 Å². The molecule has 2 saturated heterocycles. The summed E-state index contributed by atoms with van der Waals surface area (Å²) in [5.41, 5.74) is 29.6. The van der Waals surface area contributed by atoms with Gasteiger partial charge in [-0.3, -0.25) is 4.79 Å². The summed E-state index contributed by atoms with van der Waals surface area (Å²) in [6.07, 6.45) is -9.83. The van der Waals surface area contributed by atoms with Crippen molar-refractivity contribution in [2.75, 3.05) is 32.8 Å². The Morgan fingerprint density at radius 3 is 2.31 bits per heavy atom. The highest BCUT2D eigenvalue weighted by Crippen LogP contribution is 2.31. The van der Waals surface area contributed by atoms with Gasteiger partial charge in [-0.1, -0.05) is 0 Å². The molecule has 3 fully saturated rings. The van der Waals surface area contributed by atoms with Gasteiger partial charge >= 0.3 is 0 Å². The van der Waals surface area contributed by atoms with Crippen LogP contribution in [0, 0.1) is 0 Å². The van der Waals surface area contributed by atoms with E-state index in [1.54, 1.807) is 0 Å². The third-order valence-corrected chi connectivity index (χ3v) is 8.04. The maximum atomic E-state index is 12.7. The van der Waals surface area contributed by atoms with Crippen molar-refractivity contribution in [3.05, 3.63) is 0 Å². The number of rotatable bonds is 14. The number of amides is 1. The number of nitrogens with two attached hydrogens (primary N) is 5. The highest BCUT2D eigenvalue weighted by molar-refractivity contribution is 5.80. The summed E-state index contributed by atoms with van der Waals surface area (Å²) in [4.78, 5) is 12.7. The minimum Gasteiger partial charge on any atom is -0.394 e. The van der Waals surface area contributed by atoms with Gasteiger partial charge in [-0.05, 0) is 51.7 Å². The van der Waals surface area contributed by atoms with Crippen molar-refractivity contribution in [2.45, 2.75) is 118 Å². The predicted octanol–water partition coefficient (Wildman–Crippen LogP) is -6.42. The maximum Gasteiger partial charge on any atom is 0.249 e. The molecule has 1 amide bonds. The second-order valence-corrected chi connectivity index (χ2v) is 11.3. The van der Waals surface area contributed by atoms with Crippen molar-refractivity contribution in [1.29, 1.82) is 0 Å². The van der Waals surface area contributed by atoms with Crippen LogP contribution in [0.4, 0.5) is 0 Å². The van der Waals surface area contributed by atoms with Gasteiger partial charge in [0.25, 0.3) is 0 Å². The molecule has 14 atom stereocenters. The molecule has 17 heteroatoms. The average molecular weight is 610 g/mol. The van der Waals surface area contributed by atoms with E-state index < -0.39 is 92.0 Å². The van der Waals surface area contributed by atoms with Crippen molar-refractivity contribution < 1.29 is 49.3 Å². The Kier molecular flexibility index (Phi) is 14.1. The molecule has 0 aromatic heterocycles. The summed E-state index contributed by atoms with van der Waals surface area (Å²) in [5.74, 6) is -0.758. The van der Waals surface area contributed by atoms with Gasteiger partial charge < -0.3 is 83.8 Å². The number of hydrogen-bond donors (Lipinski definition) is 12. The monoisotopic (exact) mass is 609 g/mol. The molecule has 2 heterocycles. The summed E-state index contributed by atoms with van der Waals surface area (Å²) in [5, 5.41) is 58.1. The summed E-state index contributed by atoms with van der Waals surface area (Å²) in [6, 6.07) is -3.54. The van der Waals surface area contributed by atoms with Crippen molar-refractivity contribution in [3.63, 3.8) is 0 Å². The first-order valence-corrected chi connectivity index (χ1v) is 14.6. The van der Waals surface area contributed by atoms with E-state index in [4.69, 9.17) is 47.6 Å². The summed E-state index contributed by atoms with van der Waals surface area (Å²) < 4.78 is 23.8. The second kappa shape index (κ2) is 16.8. The standard InChI is InChI=1S/C25H51N7O10/c26-5-1-7-31-9-11-2-3-12(28)24(39-11)41-21-13(29)8-14(32-23(38)15(34)4-6-27)22(20(21)37)42-25-19(36)17(30)18(35)16(10-33)40-25/h11-22,24-25,31,33-37H,1-10,26-30H2,(H,32,38)/t11-,12+,13-,14+,15-,16+,17-,18+,19+,20-,21?,22-,24+,25+/m0/s1. The Morgan fingerprint density at radius 2 is 1.64 bits per heavy atom. The smallest absolute Gasteiger partial charge is 0.249 e. The third kappa shape index (κ3) is 8.96. The van der Waals surface area contributed by atoms with Crippen LogP contribution >= 0.6 is 0 Å². The van der Waals surface area contributed by atoms with Crippen LogP contribution < -0.4 is 39.3 Å². The zero-order valence-corrected chi connectivity index (χ0v) is 23.8. The molecule has 0 bridgehead atoms. The zero-order chi connectivity index (χ0) is 31.0. The lowest BCUT2D eigenvalue weighted by molar-refractivity contribution is -0.314. The highest BCUT2D eigenvalue weighted by Gasteiger charge is 2.51. The first-order valence-electron chi connectivity index (χ1n) is 14.6. The van der Waals surface area contributed by atoms with Gasteiger partial charge in [0.05, 0.1) is 30.8 Å². The Hall–Kier alpha value is -1.13. The molecule has 2 aliphatic heterocycles. The van der Waals surface area contributed by atoms with E-state index >= 15 is 0 Å². The van der Waals surface area contributed by atoms with Crippen LogP contribution in [0.2, 0.25) is 0 Å². The van der Waals surface area contributed by atoms with Gasteiger partial charge in [0, 0.05) is 12.6 Å². The molecule has 0 radical (unpaired) electrons. The highest BCUT2D eigenvalue weighted by atomic mass is 16.7. The molecule has 3 aliphatic rings. The molecule has 3 rings (SSSR count). The van der Waals surface area contributed by atoms with E-state index in [1.807, 2.05) is 0 Å². The maximum absolute atomic E-state index is 12.7. The lowest BCUT2D eigenvalue weighted by Gasteiger charge is -2.48. The van der Waals surface area contributed by atoms with Gasteiger partial charge in [-0.2, -0.15) is 0 Å². The van der Waals surface area contributed by atoms with Crippen LogP contribution in [-0.4, -0.2) is 150 Å². The van der Waals surface area contributed by atoms with Crippen molar-refractivity contribution in [2.24, 2.45) is 28.7 Å². The van der Waals surface area contributed by atoms with Gasteiger partial charge in [-0.15, -0.1) is 0 Å². The average Bonchev–Trinajstić information content (AvgIpc) is 2.96. The topological polar surface area (TPSA) is 309 Å². The summed E-state index contributed by atoms with van der Waals surface area (Å²) >= 11 is 0. The summed E-state index contributed by atoms with van der Waals surface area (Å²) in [7, 11) is 0. The van der Waals surface area contributed by atoms with Crippen LogP contribution in [0.15, 0.2) is 0 Å². The molecular weight excluding hydrogens is 558 g/mol. The third-order valence-electron chi connectivity index (χ3n) is 8.04. The number of aliphatic hydroxyl groups is 5. The molecule has 0 spiro atoms. The number of ether oxygens (including phenoxy) is 4. The molecule has 246 valence electrons. The molecular formula is C25H51N7O10. The van der Waals surface area contributed by atoms with E-state index in [1.165, 1.54) is 0 Å². The molecule has 1 aliphatic carbocycles. The molecule has 1 saturated carbocycles. The van der Waals surface area contributed by atoms with Crippen molar-refractivity contribution in [3.8, 4) is 0 Å². The molecule has 17 nitrogen and oxygen atoms in total. The largest absolute Gasteiger partial charge is 0.394 e. The Balaban J connectivity index is 1.77. The molecule has 0 aromatic rings. The van der Waals surface area contributed by atoms with Crippen LogP contribution in [-0.2, 0) is 23.7 Å². The number of carbonyl (C=O) groups is 1. The van der Waals surface area contributed by atoms with Gasteiger partial charge in [0.1, 0.15) is 42.7 Å². The fraction of sp³-hybridized carbons (Fsp3) is 0.960. The fourth-order valence-corrected chi connectivity index (χ4v) is 5.49. The van der Waals surface area contributed by atoms with E-state index in [0.29, 0.717) is 25.9 Å². The van der Waals surface area contributed by atoms with Crippen LogP contribution in [0.5, 0.6) is 0 Å². The van der Waals surface area contributed by atoms with Crippen molar-refractivity contribution in [1.82, 2.24) is 10.6 Å². The van der Waals surface area contributed by atoms with E-state index in [2.05, 4.69) is 10.6 Å². The number of carbonyl (C=O) groups excluding carboxylic acids is 1. The van der Waals surface area contributed by atoms with Crippen LogP contribution in [0.25, 0.3) is 0 Å². The number of hydrogen-bond acceptors (Lipinski definition) is 16. The van der Waals surface area contributed by atoms with Crippen LogP contribution in [0.1, 0.15) is 32.1 Å². The fourth-order valence-electron chi connectivity index (χ4n) is 5.49. The zero-order valence-electron chi connectivity index (χ0n) is 23.8.